The van der Waals surface area contributed by atoms with E-state index in [0.29, 0.717) is 17.0 Å². The van der Waals surface area contributed by atoms with Crippen LogP contribution < -0.4 is 9.41 Å². The monoisotopic (exact) mass is 414 g/mol. The topological polar surface area (TPSA) is 43.6 Å². The van der Waals surface area contributed by atoms with Crippen molar-refractivity contribution >= 4 is 17.4 Å². The van der Waals surface area contributed by atoms with Gasteiger partial charge in [-0.25, -0.2) is 0 Å². The van der Waals surface area contributed by atoms with Crippen molar-refractivity contribution in [2.45, 2.75) is 52.8 Å². The smallest absolute Gasteiger partial charge is 0.416 e. The molecule has 0 N–H and O–H groups in total. The Labute approximate surface area is 166 Å². The summed E-state index contributed by atoms with van der Waals surface area (Å²) in [5.41, 5.74) is -0.413. The number of methoxy groups -OCH3 is 1. The molecule has 1 aromatic carbocycles. The summed E-state index contributed by atoms with van der Waals surface area (Å²) in [5.74, 6) is -0.349. The molecule has 0 atom stereocenters. The molecule has 0 fully saturated rings. The first kappa shape index (κ1) is 22.2. The molecule has 1 amide bonds. The molecule has 0 aliphatic heterocycles. The van der Waals surface area contributed by atoms with Crippen LogP contribution in [0.3, 0.4) is 0 Å². The lowest BCUT2D eigenvalue weighted by molar-refractivity contribution is -0.137. The first-order valence-electron chi connectivity index (χ1n) is 8.89. The molecule has 0 saturated heterocycles. The van der Waals surface area contributed by atoms with Crippen molar-refractivity contribution in [3.63, 3.8) is 0 Å². The van der Waals surface area contributed by atoms with Gasteiger partial charge in [-0.3, -0.25) is 8.75 Å². The number of nitrogens with zero attached hydrogens (tertiary/aromatic N) is 2. The van der Waals surface area contributed by atoms with Gasteiger partial charge in [-0.2, -0.15) is 18.2 Å². The van der Waals surface area contributed by atoms with Gasteiger partial charge in [0, 0.05) is 17.3 Å². The van der Waals surface area contributed by atoms with Gasteiger partial charge in [-0.05, 0) is 62.8 Å². The SMILES string of the molecule is COc1ccc(C(F)(F)F)cc1C(=O)/N=c1\sn(C(C)(C)C)cc1CC(C)C. The average molecular weight is 414 g/mol. The lowest BCUT2D eigenvalue weighted by Crippen LogP contribution is -2.18. The molecule has 0 saturated carbocycles. The summed E-state index contributed by atoms with van der Waals surface area (Å²) in [6.45, 7) is 10.2. The van der Waals surface area contributed by atoms with E-state index >= 15 is 0 Å². The van der Waals surface area contributed by atoms with Crippen molar-refractivity contribution in [1.29, 1.82) is 0 Å². The second-order valence-corrected chi connectivity index (χ2v) is 8.94. The van der Waals surface area contributed by atoms with Gasteiger partial charge in [0.05, 0.1) is 18.2 Å². The molecule has 0 aliphatic carbocycles. The second-order valence-electron chi connectivity index (χ2n) is 7.98. The summed E-state index contributed by atoms with van der Waals surface area (Å²) in [7, 11) is 1.31. The first-order chi connectivity index (χ1) is 12.8. The minimum absolute atomic E-state index is 0.0624. The van der Waals surface area contributed by atoms with E-state index < -0.39 is 17.6 Å². The Morgan fingerprint density at radius 3 is 2.39 bits per heavy atom. The zero-order valence-corrected chi connectivity index (χ0v) is 17.7. The van der Waals surface area contributed by atoms with Gasteiger partial charge in [0.15, 0.2) is 0 Å². The number of hydrogen-bond acceptors (Lipinski definition) is 3. The molecule has 0 bridgehead atoms. The number of ether oxygens (including phenoxy) is 1. The fraction of sp³-hybridized carbons (Fsp3) is 0.500. The van der Waals surface area contributed by atoms with Crippen molar-refractivity contribution in [2.24, 2.45) is 10.9 Å². The van der Waals surface area contributed by atoms with E-state index in [1.165, 1.54) is 18.6 Å². The number of benzene rings is 1. The number of alkyl halides is 3. The van der Waals surface area contributed by atoms with Crippen LogP contribution in [0.4, 0.5) is 13.2 Å². The van der Waals surface area contributed by atoms with E-state index in [1.54, 1.807) is 0 Å². The Morgan fingerprint density at radius 2 is 1.89 bits per heavy atom. The minimum atomic E-state index is -4.55. The standard InChI is InChI=1S/C20H25F3N2O2S/c1-12(2)9-13-11-25(19(3,4)5)28-18(13)24-17(26)15-10-14(20(21,22)23)7-8-16(15)27-6/h7-8,10-12H,9H2,1-6H3/b24-18-. The fourth-order valence-electron chi connectivity index (χ4n) is 2.58. The zero-order chi connectivity index (χ0) is 21.3. The molecule has 28 heavy (non-hydrogen) atoms. The Hall–Kier alpha value is -2.09. The van der Waals surface area contributed by atoms with Crippen molar-refractivity contribution in [1.82, 2.24) is 3.96 Å². The van der Waals surface area contributed by atoms with Gasteiger partial charge in [-0.15, -0.1) is 0 Å². The van der Waals surface area contributed by atoms with Crippen LogP contribution in [0.5, 0.6) is 5.75 Å². The van der Waals surface area contributed by atoms with Crippen LogP contribution in [0, 0.1) is 5.92 Å². The quantitative estimate of drug-likeness (QED) is 0.684. The maximum Gasteiger partial charge on any atom is 0.416 e. The van der Waals surface area contributed by atoms with Gasteiger partial charge in [0.1, 0.15) is 10.4 Å². The highest BCUT2D eigenvalue weighted by atomic mass is 32.1. The number of carbonyl (C=O) groups is 1. The molecule has 154 valence electrons. The van der Waals surface area contributed by atoms with Crippen LogP contribution in [0.2, 0.25) is 0 Å². The summed E-state index contributed by atoms with van der Waals surface area (Å²) >= 11 is 1.32. The summed E-state index contributed by atoms with van der Waals surface area (Å²) in [4.78, 5) is 16.9. The van der Waals surface area contributed by atoms with Gasteiger partial charge in [0.25, 0.3) is 5.91 Å². The first-order valence-corrected chi connectivity index (χ1v) is 9.67. The Bertz CT molecular complexity index is 919. The average Bonchev–Trinajstić information content (AvgIpc) is 2.95. The van der Waals surface area contributed by atoms with Crippen LogP contribution in [0.1, 0.15) is 56.1 Å². The number of halogens is 3. The van der Waals surface area contributed by atoms with Crippen LogP contribution in [0.25, 0.3) is 0 Å². The fourth-order valence-corrected chi connectivity index (χ4v) is 3.60. The number of hydrogen-bond donors (Lipinski definition) is 0. The molecule has 0 radical (unpaired) electrons. The molecule has 2 aromatic rings. The van der Waals surface area contributed by atoms with Crippen LogP contribution in [0.15, 0.2) is 29.4 Å². The van der Waals surface area contributed by atoms with Crippen molar-refractivity contribution < 1.29 is 22.7 Å². The maximum absolute atomic E-state index is 13.1. The molecular formula is C20H25F3N2O2S. The predicted octanol–water partition coefficient (Wildman–Crippen LogP) is 5.27. The van der Waals surface area contributed by atoms with Crippen molar-refractivity contribution in [2.75, 3.05) is 7.11 Å². The predicted molar refractivity (Wildman–Crippen MR) is 104 cm³/mol. The van der Waals surface area contributed by atoms with Crippen LogP contribution in [-0.4, -0.2) is 17.0 Å². The largest absolute Gasteiger partial charge is 0.496 e. The molecule has 1 heterocycles. The normalized spacial score (nSPS) is 13.3. The molecule has 0 spiro atoms. The van der Waals surface area contributed by atoms with Gasteiger partial charge < -0.3 is 4.74 Å². The van der Waals surface area contributed by atoms with E-state index in [0.717, 1.165) is 23.8 Å². The third kappa shape index (κ3) is 5.25. The Balaban J connectivity index is 2.59. The molecule has 2 rings (SSSR count). The Morgan fingerprint density at radius 1 is 1.25 bits per heavy atom. The maximum atomic E-state index is 13.1. The molecule has 0 aliphatic rings. The van der Waals surface area contributed by atoms with E-state index in [1.807, 2.05) is 30.9 Å². The van der Waals surface area contributed by atoms with E-state index in [9.17, 15) is 18.0 Å². The van der Waals surface area contributed by atoms with Crippen molar-refractivity contribution in [3.05, 3.63) is 45.8 Å². The highest BCUT2D eigenvalue weighted by Crippen LogP contribution is 2.32. The summed E-state index contributed by atoms with van der Waals surface area (Å²) < 4.78 is 46.7. The van der Waals surface area contributed by atoms with E-state index in [4.69, 9.17) is 4.74 Å². The molecule has 8 heteroatoms. The zero-order valence-electron chi connectivity index (χ0n) is 16.8. The van der Waals surface area contributed by atoms with Crippen LogP contribution in [-0.2, 0) is 18.1 Å². The number of rotatable bonds is 4. The highest BCUT2D eigenvalue weighted by molar-refractivity contribution is 7.04. The molecule has 4 nitrogen and oxygen atoms in total. The lowest BCUT2D eigenvalue weighted by Gasteiger charge is -2.19. The van der Waals surface area contributed by atoms with E-state index in [2.05, 4.69) is 18.8 Å². The Kier molecular flexibility index (Phi) is 6.43. The summed E-state index contributed by atoms with van der Waals surface area (Å²) in [6, 6.07) is 2.82. The second kappa shape index (κ2) is 8.11. The number of aromatic nitrogens is 1. The van der Waals surface area contributed by atoms with Gasteiger partial charge in [0.2, 0.25) is 0 Å². The van der Waals surface area contributed by atoms with Crippen molar-refractivity contribution in [3.8, 4) is 5.75 Å². The molecule has 0 unspecified atom stereocenters. The van der Waals surface area contributed by atoms with Gasteiger partial charge in [-0.1, -0.05) is 13.8 Å². The third-order valence-electron chi connectivity index (χ3n) is 3.98. The third-order valence-corrected chi connectivity index (χ3v) is 5.36. The highest BCUT2D eigenvalue weighted by Gasteiger charge is 2.32. The van der Waals surface area contributed by atoms with Crippen LogP contribution >= 0.6 is 11.5 Å². The summed E-state index contributed by atoms with van der Waals surface area (Å²) in [5, 5.41) is 0. The molecular weight excluding hydrogens is 389 g/mol. The van der Waals surface area contributed by atoms with E-state index in [-0.39, 0.29) is 16.9 Å². The number of carbonyl (C=O) groups excluding carboxylic acids is 1. The number of amides is 1. The lowest BCUT2D eigenvalue weighted by atomic mass is 10.1. The van der Waals surface area contributed by atoms with Gasteiger partial charge >= 0.3 is 6.18 Å². The molecule has 1 aromatic heterocycles. The summed E-state index contributed by atoms with van der Waals surface area (Å²) in [6.07, 6.45) is -1.88. The minimum Gasteiger partial charge on any atom is -0.496 e.